The molecule has 0 heterocycles. The van der Waals surface area contributed by atoms with Crippen LogP contribution in [0.1, 0.15) is 15.9 Å². The lowest BCUT2D eigenvalue weighted by molar-refractivity contribution is -0.385. The topological polar surface area (TPSA) is 89.7 Å². The van der Waals surface area contributed by atoms with Crippen LogP contribution in [0.2, 0.25) is 0 Å². The Balaban J connectivity index is 3.37. The van der Waals surface area contributed by atoms with Crippen LogP contribution in [0.25, 0.3) is 0 Å². The Morgan fingerprint density at radius 3 is 2.53 bits per heavy atom. The number of halogens is 2. The summed E-state index contributed by atoms with van der Waals surface area (Å²) in [6.07, 6.45) is 0. The maximum Gasteiger partial charge on any atom is 0.387 e. The van der Waals surface area contributed by atoms with Gasteiger partial charge in [-0.2, -0.15) is 8.78 Å². The predicted molar refractivity (Wildman–Crippen MR) is 51.4 cm³/mol. The summed E-state index contributed by atoms with van der Waals surface area (Å²) in [5.41, 5.74) is -1.16. The number of nitrogens with zero attached hydrogens (tertiary/aromatic N) is 1. The fourth-order valence-corrected chi connectivity index (χ4v) is 1.22. The fraction of sp³-hybridized carbons (Fsp3) is 0.222. The van der Waals surface area contributed by atoms with Crippen molar-refractivity contribution < 1.29 is 28.3 Å². The Morgan fingerprint density at radius 1 is 1.53 bits per heavy atom. The number of hydrogen-bond acceptors (Lipinski definition) is 4. The number of nitro groups is 1. The van der Waals surface area contributed by atoms with E-state index in [-0.39, 0.29) is 5.56 Å². The number of benzene rings is 1. The minimum Gasteiger partial charge on any atom is -0.478 e. The van der Waals surface area contributed by atoms with Crippen molar-refractivity contribution >= 4 is 11.7 Å². The molecule has 0 aliphatic carbocycles. The third-order valence-corrected chi connectivity index (χ3v) is 2.00. The van der Waals surface area contributed by atoms with Crippen molar-refractivity contribution in [3.63, 3.8) is 0 Å². The van der Waals surface area contributed by atoms with Crippen LogP contribution in [-0.2, 0) is 0 Å². The van der Waals surface area contributed by atoms with Crippen LogP contribution >= 0.6 is 0 Å². The lowest BCUT2D eigenvalue weighted by Crippen LogP contribution is -2.08. The first-order valence-electron chi connectivity index (χ1n) is 4.30. The number of carboxylic acids is 1. The first-order chi connectivity index (χ1) is 7.82. The molecule has 8 heteroatoms. The fourth-order valence-electron chi connectivity index (χ4n) is 1.22. The monoisotopic (exact) mass is 247 g/mol. The van der Waals surface area contributed by atoms with Gasteiger partial charge in [0.15, 0.2) is 0 Å². The molecule has 0 aliphatic rings. The van der Waals surface area contributed by atoms with Crippen LogP contribution in [0.5, 0.6) is 5.75 Å². The second-order valence-electron chi connectivity index (χ2n) is 3.06. The van der Waals surface area contributed by atoms with Gasteiger partial charge in [0.25, 0.3) is 5.69 Å². The molecular formula is C9H7F2NO5. The highest BCUT2D eigenvalue weighted by atomic mass is 19.3. The number of hydrogen-bond donors (Lipinski definition) is 1. The second-order valence-corrected chi connectivity index (χ2v) is 3.06. The van der Waals surface area contributed by atoms with Gasteiger partial charge in [0, 0.05) is 11.6 Å². The summed E-state index contributed by atoms with van der Waals surface area (Å²) in [6, 6.07) is 1.55. The normalized spacial score (nSPS) is 10.4. The Hall–Kier alpha value is -2.25. The summed E-state index contributed by atoms with van der Waals surface area (Å²) in [5.74, 6) is -1.98. The molecule has 92 valence electrons. The van der Waals surface area contributed by atoms with Crippen LogP contribution in [0.3, 0.4) is 0 Å². The number of rotatable bonds is 4. The van der Waals surface area contributed by atoms with Crippen molar-refractivity contribution in [2.45, 2.75) is 13.5 Å². The van der Waals surface area contributed by atoms with Crippen molar-refractivity contribution in [1.29, 1.82) is 0 Å². The standard InChI is InChI=1S/C9H7F2NO5/c1-4-6(8(13)14)2-5(12(15)16)3-7(4)17-9(10)11/h2-3,9H,1H3,(H,13,14). The molecule has 0 atom stereocenters. The smallest absolute Gasteiger partial charge is 0.387 e. The molecule has 0 amide bonds. The van der Waals surface area contributed by atoms with Gasteiger partial charge >= 0.3 is 12.6 Å². The van der Waals surface area contributed by atoms with Gasteiger partial charge in [-0.25, -0.2) is 4.79 Å². The average molecular weight is 247 g/mol. The van der Waals surface area contributed by atoms with Crippen LogP contribution in [0.15, 0.2) is 12.1 Å². The van der Waals surface area contributed by atoms with Gasteiger partial charge in [-0.1, -0.05) is 0 Å². The van der Waals surface area contributed by atoms with Gasteiger partial charge in [0.05, 0.1) is 16.6 Å². The zero-order valence-corrected chi connectivity index (χ0v) is 8.52. The number of aromatic carboxylic acids is 1. The Bertz CT molecular complexity index is 475. The lowest BCUT2D eigenvalue weighted by Gasteiger charge is -2.09. The van der Waals surface area contributed by atoms with Crippen LogP contribution in [0.4, 0.5) is 14.5 Å². The molecule has 17 heavy (non-hydrogen) atoms. The number of alkyl halides is 2. The molecule has 0 bridgehead atoms. The maximum atomic E-state index is 12.0. The van der Waals surface area contributed by atoms with Crippen LogP contribution in [0, 0.1) is 17.0 Å². The minimum absolute atomic E-state index is 0.0941. The van der Waals surface area contributed by atoms with E-state index in [9.17, 15) is 23.7 Å². The Morgan fingerprint density at radius 2 is 2.12 bits per heavy atom. The van der Waals surface area contributed by atoms with Gasteiger partial charge in [-0.15, -0.1) is 0 Å². The number of ether oxygens (including phenoxy) is 1. The van der Waals surface area contributed by atoms with Crippen molar-refractivity contribution in [3.05, 3.63) is 33.4 Å². The average Bonchev–Trinajstić information content (AvgIpc) is 2.19. The summed E-state index contributed by atoms with van der Waals surface area (Å²) in [4.78, 5) is 20.4. The van der Waals surface area contributed by atoms with Gasteiger partial charge in [-0.05, 0) is 6.92 Å². The lowest BCUT2D eigenvalue weighted by atomic mass is 10.1. The number of carbonyl (C=O) groups is 1. The molecule has 0 fully saturated rings. The van der Waals surface area contributed by atoms with Crippen molar-refractivity contribution in [3.8, 4) is 5.75 Å². The summed E-state index contributed by atoms with van der Waals surface area (Å²) in [5, 5.41) is 19.3. The number of non-ortho nitro benzene ring substituents is 1. The zero-order valence-electron chi connectivity index (χ0n) is 8.52. The Kier molecular flexibility index (Phi) is 3.56. The third kappa shape index (κ3) is 2.86. The first-order valence-corrected chi connectivity index (χ1v) is 4.30. The molecule has 0 radical (unpaired) electrons. The molecule has 1 aromatic carbocycles. The van der Waals surface area contributed by atoms with E-state index in [1.165, 1.54) is 6.92 Å². The Labute approximate surface area is 93.6 Å². The summed E-state index contributed by atoms with van der Waals surface area (Å²) < 4.78 is 28.1. The number of carboxylic acid groups (broad SMARTS) is 1. The first kappa shape index (κ1) is 12.8. The van der Waals surface area contributed by atoms with Gasteiger partial charge in [0.2, 0.25) is 0 Å². The summed E-state index contributed by atoms with van der Waals surface area (Å²) in [7, 11) is 0. The van der Waals surface area contributed by atoms with Crippen molar-refractivity contribution in [2.24, 2.45) is 0 Å². The van der Waals surface area contributed by atoms with Gasteiger partial charge in [0.1, 0.15) is 5.75 Å². The molecule has 0 saturated heterocycles. The highest BCUT2D eigenvalue weighted by molar-refractivity contribution is 5.91. The molecule has 0 aliphatic heterocycles. The molecule has 1 N–H and O–H groups in total. The molecule has 0 aromatic heterocycles. The second kappa shape index (κ2) is 4.73. The van der Waals surface area contributed by atoms with E-state index in [0.717, 1.165) is 12.1 Å². The van der Waals surface area contributed by atoms with Gasteiger partial charge < -0.3 is 9.84 Å². The van der Waals surface area contributed by atoms with E-state index < -0.39 is 34.5 Å². The minimum atomic E-state index is -3.18. The third-order valence-electron chi connectivity index (χ3n) is 2.00. The molecule has 6 nitrogen and oxygen atoms in total. The molecule has 0 unspecified atom stereocenters. The van der Waals surface area contributed by atoms with Crippen molar-refractivity contribution in [1.82, 2.24) is 0 Å². The van der Waals surface area contributed by atoms with E-state index in [2.05, 4.69) is 4.74 Å². The van der Waals surface area contributed by atoms with Gasteiger partial charge in [-0.3, -0.25) is 10.1 Å². The summed E-state index contributed by atoms with van der Waals surface area (Å²) >= 11 is 0. The largest absolute Gasteiger partial charge is 0.478 e. The van der Waals surface area contributed by atoms with E-state index in [1.807, 2.05) is 0 Å². The molecule has 0 saturated carbocycles. The quantitative estimate of drug-likeness (QED) is 0.650. The molecule has 1 rings (SSSR count). The molecular weight excluding hydrogens is 240 g/mol. The SMILES string of the molecule is Cc1c(OC(F)F)cc([N+](=O)[O-])cc1C(=O)O. The zero-order chi connectivity index (χ0) is 13.2. The van der Waals surface area contributed by atoms with Crippen LogP contribution < -0.4 is 4.74 Å². The highest BCUT2D eigenvalue weighted by Gasteiger charge is 2.20. The highest BCUT2D eigenvalue weighted by Crippen LogP contribution is 2.29. The van der Waals surface area contributed by atoms with Crippen molar-refractivity contribution in [2.75, 3.05) is 0 Å². The predicted octanol–water partition coefficient (Wildman–Crippen LogP) is 2.20. The number of nitro benzene ring substituents is 1. The molecule has 0 spiro atoms. The van der Waals surface area contributed by atoms with E-state index >= 15 is 0 Å². The molecule has 1 aromatic rings. The summed E-state index contributed by atoms with van der Waals surface area (Å²) in [6.45, 7) is -1.96. The maximum absolute atomic E-state index is 12.0. The van der Waals surface area contributed by atoms with E-state index in [4.69, 9.17) is 5.11 Å². The van der Waals surface area contributed by atoms with Crippen LogP contribution in [-0.4, -0.2) is 22.6 Å². The van der Waals surface area contributed by atoms with E-state index in [0.29, 0.717) is 0 Å². The van der Waals surface area contributed by atoms with E-state index in [1.54, 1.807) is 0 Å².